The number of aromatic nitrogens is 3. The van der Waals surface area contributed by atoms with Gasteiger partial charge in [-0.05, 0) is 52.7 Å². The number of alkyl carbamates (subject to hydrolysis) is 1. The number of aryl methyl sites for hydroxylation is 1. The van der Waals surface area contributed by atoms with E-state index in [-0.39, 0.29) is 0 Å². The second kappa shape index (κ2) is 12.5. The standard InChI is InChI=1S/C31H38N4O7/c1-20-10-11-21-17-22(26(37-5)18-24(21)32-20)27-19-25(34-42-27)23(33-29(36)41-30(2,3)4)9-7-6-8-13-31(38-15-16-39-31)28-12-14-40-35-28/h10-12,14,17-19,23H,6-9,13,15-16H2,1-5H3,(H,33,36)/t23-/m0/s1. The highest BCUT2D eigenvalue weighted by Gasteiger charge is 2.40. The van der Waals surface area contributed by atoms with E-state index in [0.717, 1.165) is 41.4 Å². The number of hydrogen-bond donors (Lipinski definition) is 1. The Morgan fingerprint density at radius 2 is 1.88 bits per heavy atom. The summed E-state index contributed by atoms with van der Waals surface area (Å²) in [6.45, 7) is 8.47. The number of pyridine rings is 1. The van der Waals surface area contributed by atoms with E-state index in [1.807, 2.05) is 58.0 Å². The van der Waals surface area contributed by atoms with Gasteiger partial charge in [-0.1, -0.05) is 29.2 Å². The molecule has 4 heterocycles. The van der Waals surface area contributed by atoms with E-state index in [4.69, 9.17) is 28.0 Å². The molecule has 3 aromatic heterocycles. The summed E-state index contributed by atoms with van der Waals surface area (Å²) in [5.41, 5.74) is 3.12. The van der Waals surface area contributed by atoms with E-state index in [1.54, 1.807) is 13.2 Å². The van der Waals surface area contributed by atoms with Crippen LogP contribution in [-0.2, 0) is 20.0 Å². The van der Waals surface area contributed by atoms with Gasteiger partial charge in [-0.2, -0.15) is 0 Å². The van der Waals surface area contributed by atoms with Crippen molar-refractivity contribution in [1.29, 1.82) is 0 Å². The van der Waals surface area contributed by atoms with E-state index in [0.29, 0.717) is 49.0 Å². The number of carbonyl (C=O) groups excluding carboxylic acids is 1. The molecule has 1 atom stereocenters. The number of rotatable bonds is 11. The summed E-state index contributed by atoms with van der Waals surface area (Å²) in [4.78, 5) is 17.4. The Morgan fingerprint density at radius 1 is 1.07 bits per heavy atom. The quantitative estimate of drug-likeness (QED) is 0.194. The van der Waals surface area contributed by atoms with Gasteiger partial charge < -0.3 is 33.3 Å². The molecule has 1 fully saturated rings. The predicted octanol–water partition coefficient (Wildman–Crippen LogP) is 6.61. The number of nitrogens with zero attached hydrogens (tertiary/aromatic N) is 3. The van der Waals surface area contributed by atoms with Crippen LogP contribution < -0.4 is 10.1 Å². The molecule has 11 heteroatoms. The topological polar surface area (TPSA) is 131 Å². The highest BCUT2D eigenvalue weighted by Crippen LogP contribution is 2.37. The minimum Gasteiger partial charge on any atom is -0.496 e. The zero-order valence-corrected chi connectivity index (χ0v) is 24.8. The van der Waals surface area contributed by atoms with Crippen LogP contribution in [0, 0.1) is 6.92 Å². The lowest BCUT2D eigenvalue weighted by molar-refractivity contribution is -0.175. The van der Waals surface area contributed by atoms with Gasteiger partial charge in [0.2, 0.25) is 5.79 Å². The third-order valence-electron chi connectivity index (χ3n) is 7.07. The van der Waals surface area contributed by atoms with Crippen molar-refractivity contribution in [1.82, 2.24) is 20.6 Å². The molecule has 0 bridgehead atoms. The Hall–Kier alpha value is -3.96. The summed E-state index contributed by atoms with van der Waals surface area (Å²) < 4.78 is 33.8. The monoisotopic (exact) mass is 578 g/mol. The molecule has 42 heavy (non-hydrogen) atoms. The van der Waals surface area contributed by atoms with Gasteiger partial charge in [-0.25, -0.2) is 4.79 Å². The number of methoxy groups -OCH3 is 1. The Bertz CT molecular complexity index is 1490. The molecule has 0 spiro atoms. The molecule has 1 amide bonds. The number of carbonyl (C=O) groups is 1. The minimum absolute atomic E-state index is 0.420. The number of fused-ring (bicyclic) bond motifs is 1. The van der Waals surface area contributed by atoms with E-state index in [2.05, 4.69) is 20.6 Å². The molecule has 1 saturated heterocycles. The number of ether oxygens (including phenoxy) is 4. The maximum absolute atomic E-state index is 12.8. The van der Waals surface area contributed by atoms with Crippen LogP contribution in [0.3, 0.4) is 0 Å². The molecule has 0 aliphatic carbocycles. The Kier molecular flexibility index (Phi) is 8.79. The first-order valence-electron chi connectivity index (χ1n) is 14.3. The van der Waals surface area contributed by atoms with Crippen LogP contribution in [0.5, 0.6) is 5.75 Å². The average Bonchev–Trinajstić information content (AvgIpc) is 3.73. The van der Waals surface area contributed by atoms with E-state index in [1.165, 1.54) is 6.26 Å². The number of benzene rings is 1. The van der Waals surface area contributed by atoms with Gasteiger partial charge in [0.25, 0.3) is 0 Å². The van der Waals surface area contributed by atoms with Crippen molar-refractivity contribution in [3.63, 3.8) is 0 Å². The molecule has 1 aromatic carbocycles. The van der Waals surface area contributed by atoms with Crippen LogP contribution in [-0.4, -0.2) is 47.3 Å². The zero-order chi connectivity index (χ0) is 29.7. The average molecular weight is 579 g/mol. The Balaban J connectivity index is 1.30. The number of amides is 1. The van der Waals surface area contributed by atoms with Crippen molar-refractivity contribution in [3.8, 4) is 17.1 Å². The van der Waals surface area contributed by atoms with Crippen molar-refractivity contribution in [2.45, 2.75) is 77.2 Å². The molecule has 11 nitrogen and oxygen atoms in total. The first kappa shape index (κ1) is 29.5. The lowest BCUT2D eigenvalue weighted by atomic mass is 10.00. The first-order chi connectivity index (χ1) is 20.2. The molecule has 4 aromatic rings. The lowest BCUT2D eigenvalue weighted by Crippen LogP contribution is -2.35. The summed E-state index contributed by atoms with van der Waals surface area (Å²) >= 11 is 0. The van der Waals surface area contributed by atoms with Crippen LogP contribution in [0.2, 0.25) is 0 Å². The molecule has 0 radical (unpaired) electrons. The molecule has 0 saturated carbocycles. The van der Waals surface area contributed by atoms with Crippen molar-refractivity contribution in [2.24, 2.45) is 0 Å². The summed E-state index contributed by atoms with van der Waals surface area (Å²) in [5.74, 6) is 0.290. The van der Waals surface area contributed by atoms with Crippen LogP contribution >= 0.6 is 0 Å². The fourth-order valence-electron chi connectivity index (χ4n) is 5.11. The third kappa shape index (κ3) is 6.91. The van der Waals surface area contributed by atoms with Crippen LogP contribution in [0.25, 0.3) is 22.2 Å². The normalized spacial score (nSPS) is 15.5. The van der Waals surface area contributed by atoms with Crippen molar-refractivity contribution >= 4 is 17.0 Å². The second-order valence-corrected chi connectivity index (χ2v) is 11.4. The molecular weight excluding hydrogens is 540 g/mol. The molecular formula is C31H38N4O7. The highest BCUT2D eigenvalue weighted by atomic mass is 16.7. The SMILES string of the molecule is COc1cc2nc(C)ccc2cc1-c1cc([C@H](CCCCCC2(c3ccon3)OCCO2)NC(=O)OC(C)(C)C)no1. The second-order valence-electron chi connectivity index (χ2n) is 11.4. The molecule has 1 aliphatic heterocycles. The first-order valence-corrected chi connectivity index (χ1v) is 14.3. The number of hydrogen-bond acceptors (Lipinski definition) is 10. The van der Waals surface area contributed by atoms with Gasteiger partial charge in [0, 0.05) is 35.7 Å². The van der Waals surface area contributed by atoms with Gasteiger partial charge >= 0.3 is 6.09 Å². The number of nitrogens with one attached hydrogen (secondary N) is 1. The van der Waals surface area contributed by atoms with Gasteiger partial charge in [0.1, 0.15) is 29.0 Å². The molecule has 224 valence electrons. The third-order valence-corrected chi connectivity index (χ3v) is 7.07. The van der Waals surface area contributed by atoms with Crippen LogP contribution in [0.15, 0.2) is 51.7 Å². The van der Waals surface area contributed by atoms with Gasteiger partial charge in [0.15, 0.2) is 5.76 Å². The fraction of sp³-hybridized carbons (Fsp3) is 0.484. The summed E-state index contributed by atoms with van der Waals surface area (Å²) in [6.07, 6.45) is 4.79. The largest absolute Gasteiger partial charge is 0.496 e. The molecule has 1 aliphatic rings. The van der Waals surface area contributed by atoms with Gasteiger partial charge in [0.05, 0.1) is 37.4 Å². The zero-order valence-electron chi connectivity index (χ0n) is 24.8. The maximum Gasteiger partial charge on any atom is 0.408 e. The summed E-state index contributed by atoms with van der Waals surface area (Å²) in [7, 11) is 1.61. The fourth-order valence-corrected chi connectivity index (χ4v) is 5.11. The minimum atomic E-state index is -0.866. The van der Waals surface area contributed by atoms with Crippen LogP contribution in [0.1, 0.15) is 76.0 Å². The Morgan fingerprint density at radius 3 is 2.60 bits per heavy atom. The van der Waals surface area contributed by atoms with Crippen LogP contribution in [0.4, 0.5) is 4.79 Å². The molecule has 1 N–H and O–H groups in total. The summed E-state index contributed by atoms with van der Waals surface area (Å²) in [6, 6.07) is 11.0. The highest BCUT2D eigenvalue weighted by molar-refractivity contribution is 5.87. The molecule has 5 rings (SSSR count). The van der Waals surface area contributed by atoms with Crippen molar-refractivity contribution in [2.75, 3.05) is 20.3 Å². The maximum atomic E-state index is 12.8. The molecule has 0 unspecified atom stereocenters. The van der Waals surface area contributed by atoms with E-state index >= 15 is 0 Å². The van der Waals surface area contributed by atoms with Gasteiger partial charge in [-0.3, -0.25) is 4.98 Å². The Labute approximate surface area is 244 Å². The van der Waals surface area contributed by atoms with Gasteiger partial charge in [-0.15, -0.1) is 0 Å². The van der Waals surface area contributed by atoms with E-state index < -0.39 is 23.5 Å². The smallest absolute Gasteiger partial charge is 0.408 e. The van der Waals surface area contributed by atoms with E-state index in [9.17, 15) is 4.79 Å². The van der Waals surface area contributed by atoms with Crippen molar-refractivity contribution in [3.05, 3.63) is 59.7 Å². The number of unbranched alkanes of at least 4 members (excludes halogenated alkanes) is 2. The lowest BCUT2D eigenvalue weighted by Gasteiger charge is -2.25. The summed E-state index contributed by atoms with van der Waals surface area (Å²) in [5, 5.41) is 12.3. The van der Waals surface area contributed by atoms with Crippen molar-refractivity contribution < 1.29 is 32.8 Å². The predicted molar refractivity (Wildman–Crippen MR) is 154 cm³/mol.